The van der Waals surface area contributed by atoms with Gasteiger partial charge in [0.1, 0.15) is 17.2 Å². The molecule has 30 heavy (non-hydrogen) atoms. The number of ether oxygens (including phenoxy) is 3. The average Bonchev–Trinajstić information content (AvgIpc) is 3.11. The van der Waals surface area contributed by atoms with Crippen molar-refractivity contribution in [2.45, 2.75) is 6.92 Å². The van der Waals surface area contributed by atoms with Crippen LogP contribution in [0.4, 0.5) is 10.2 Å². The highest BCUT2D eigenvalue weighted by Gasteiger charge is 2.19. The van der Waals surface area contributed by atoms with Crippen molar-refractivity contribution < 1.29 is 28.2 Å². The van der Waals surface area contributed by atoms with Crippen molar-refractivity contribution in [3.8, 4) is 17.2 Å². The standard InChI is InChI=1S/C21H20FN3O5/c1-13-11-18(25(24-13)15-9-7-14(22)8-10-15)23-19(26)12-30-21(27)16-5-4-6-17(28-2)20(16)29-3/h4-11H,12H2,1-3H3,(H,23,26). The van der Waals surface area contributed by atoms with E-state index in [2.05, 4.69) is 10.4 Å². The van der Waals surface area contributed by atoms with Crippen molar-refractivity contribution in [3.05, 3.63) is 65.6 Å². The summed E-state index contributed by atoms with van der Waals surface area (Å²) in [5.74, 6) is -0.727. The van der Waals surface area contributed by atoms with Crippen LogP contribution in [0.5, 0.6) is 11.5 Å². The zero-order valence-corrected chi connectivity index (χ0v) is 16.6. The van der Waals surface area contributed by atoms with Crippen molar-refractivity contribution in [1.82, 2.24) is 9.78 Å². The van der Waals surface area contributed by atoms with E-state index in [0.717, 1.165) is 0 Å². The average molecular weight is 413 g/mol. The molecule has 0 aliphatic carbocycles. The molecule has 8 nitrogen and oxygen atoms in total. The van der Waals surface area contributed by atoms with Gasteiger partial charge in [-0.25, -0.2) is 13.9 Å². The second-order valence-electron chi connectivity index (χ2n) is 6.22. The first-order valence-corrected chi connectivity index (χ1v) is 8.93. The van der Waals surface area contributed by atoms with Crippen molar-refractivity contribution in [1.29, 1.82) is 0 Å². The lowest BCUT2D eigenvalue weighted by atomic mass is 10.2. The van der Waals surface area contributed by atoms with Gasteiger partial charge in [-0.1, -0.05) is 6.07 Å². The number of carbonyl (C=O) groups excluding carboxylic acids is 2. The van der Waals surface area contributed by atoms with Crippen LogP contribution in [0, 0.1) is 12.7 Å². The van der Waals surface area contributed by atoms with E-state index in [1.165, 1.54) is 49.2 Å². The molecule has 0 aliphatic heterocycles. The molecule has 1 N–H and O–H groups in total. The van der Waals surface area contributed by atoms with E-state index in [1.54, 1.807) is 25.1 Å². The molecule has 0 fully saturated rings. The SMILES string of the molecule is COc1cccc(C(=O)OCC(=O)Nc2cc(C)nn2-c2ccc(F)cc2)c1OC. The molecular weight excluding hydrogens is 393 g/mol. The Balaban J connectivity index is 1.69. The molecule has 0 bridgehead atoms. The summed E-state index contributed by atoms with van der Waals surface area (Å²) in [4.78, 5) is 24.7. The highest BCUT2D eigenvalue weighted by molar-refractivity contribution is 5.97. The third-order valence-corrected chi connectivity index (χ3v) is 4.13. The number of nitrogens with one attached hydrogen (secondary N) is 1. The molecule has 3 rings (SSSR count). The number of anilines is 1. The predicted octanol–water partition coefficient (Wildman–Crippen LogP) is 3.13. The van der Waals surface area contributed by atoms with Crippen LogP contribution < -0.4 is 14.8 Å². The fourth-order valence-corrected chi connectivity index (χ4v) is 2.80. The summed E-state index contributed by atoms with van der Waals surface area (Å²) in [7, 11) is 2.85. The fourth-order valence-electron chi connectivity index (χ4n) is 2.80. The van der Waals surface area contributed by atoms with E-state index >= 15 is 0 Å². The Hall–Kier alpha value is -3.88. The second-order valence-corrected chi connectivity index (χ2v) is 6.22. The van der Waals surface area contributed by atoms with Crippen LogP contribution in [0.1, 0.15) is 16.1 Å². The Bertz CT molecular complexity index is 1060. The summed E-state index contributed by atoms with van der Waals surface area (Å²) in [5, 5.41) is 6.93. The highest BCUT2D eigenvalue weighted by atomic mass is 19.1. The molecule has 0 saturated carbocycles. The fraction of sp³-hybridized carbons (Fsp3) is 0.190. The van der Waals surface area contributed by atoms with Gasteiger partial charge in [-0.15, -0.1) is 0 Å². The number of esters is 1. The number of benzene rings is 2. The molecule has 0 aliphatic rings. The maximum absolute atomic E-state index is 13.2. The number of carbonyl (C=O) groups is 2. The molecule has 1 aromatic heterocycles. The molecule has 0 unspecified atom stereocenters. The van der Waals surface area contributed by atoms with Crippen molar-refractivity contribution >= 4 is 17.7 Å². The van der Waals surface area contributed by atoms with Gasteiger partial charge in [0, 0.05) is 6.07 Å². The van der Waals surface area contributed by atoms with Crippen LogP contribution in [0.3, 0.4) is 0 Å². The van der Waals surface area contributed by atoms with Gasteiger partial charge >= 0.3 is 5.97 Å². The molecule has 3 aromatic rings. The minimum absolute atomic E-state index is 0.136. The van der Waals surface area contributed by atoms with Gasteiger partial charge in [0.25, 0.3) is 5.91 Å². The smallest absolute Gasteiger partial charge is 0.342 e. The van der Waals surface area contributed by atoms with Crippen LogP contribution in [0.2, 0.25) is 0 Å². The van der Waals surface area contributed by atoms with Crippen molar-refractivity contribution in [2.75, 3.05) is 26.1 Å². The van der Waals surface area contributed by atoms with E-state index in [1.807, 2.05) is 0 Å². The van der Waals surface area contributed by atoms with Gasteiger partial charge in [-0.3, -0.25) is 4.79 Å². The quantitative estimate of drug-likeness (QED) is 0.599. The van der Waals surface area contributed by atoms with E-state index in [-0.39, 0.29) is 17.1 Å². The topological polar surface area (TPSA) is 91.7 Å². The van der Waals surface area contributed by atoms with Gasteiger partial charge in [-0.05, 0) is 43.3 Å². The van der Waals surface area contributed by atoms with E-state index in [0.29, 0.717) is 22.9 Å². The van der Waals surface area contributed by atoms with Crippen LogP contribution in [-0.2, 0) is 9.53 Å². The van der Waals surface area contributed by atoms with Crippen molar-refractivity contribution in [3.63, 3.8) is 0 Å². The molecule has 0 atom stereocenters. The third kappa shape index (κ3) is 4.57. The van der Waals surface area contributed by atoms with E-state index < -0.39 is 18.5 Å². The number of rotatable bonds is 7. The second kappa shape index (κ2) is 9.08. The number of para-hydroxylation sites is 1. The Morgan fingerprint density at radius 2 is 1.83 bits per heavy atom. The zero-order valence-electron chi connectivity index (χ0n) is 16.6. The molecule has 0 spiro atoms. The lowest BCUT2D eigenvalue weighted by molar-refractivity contribution is -0.119. The maximum Gasteiger partial charge on any atom is 0.342 e. The summed E-state index contributed by atoms with van der Waals surface area (Å²) < 4.78 is 30.1. The molecule has 2 aromatic carbocycles. The Morgan fingerprint density at radius 1 is 1.10 bits per heavy atom. The number of methoxy groups -OCH3 is 2. The molecule has 0 saturated heterocycles. The van der Waals surface area contributed by atoms with Gasteiger partial charge < -0.3 is 19.5 Å². The highest BCUT2D eigenvalue weighted by Crippen LogP contribution is 2.31. The first-order chi connectivity index (χ1) is 14.4. The number of amides is 1. The van der Waals surface area contributed by atoms with Crippen LogP contribution in [0.15, 0.2) is 48.5 Å². The summed E-state index contributed by atoms with van der Waals surface area (Å²) >= 11 is 0. The summed E-state index contributed by atoms with van der Waals surface area (Å²) in [6, 6.07) is 12.1. The van der Waals surface area contributed by atoms with E-state index in [9.17, 15) is 14.0 Å². The molecule has 1 heterocycles. The number of aryl methyl sites for hydroxylation is 1. The minimum atomic E-state index is -0.732. The lowest BCUT2D eigenvalue weighted by Crippen LogP contribution is -2.22. The normalized spacial score (nSPS) is 10.4. The van der Waals surface area contributed by atoms with Crippen LogP contribution >= 0.6 is 0 Å². The van der Waals surface area contributed by atoms with Gasteiger partial charge in [-0.2, -0.15) is 5.10 Å². The largest absolute Gasteiger partial charge is 0.493 e. The lowest BCUT2D eigenvalue weighted by Gasteiger charge is -2.12. The Kier molecular flexibility index (Phi) is 6.31. The van der Waals surface area contributed by atoms with Crippen LogP contribution in [0.25, 0.3) is 5.69 Å². The van der Waals surface area contributed by atoms with Crippen molar-refractivity contribution in [2.24, 2.45) is 0 Å². The Labute approximate surface area is 172 Å². The molecule has 156 valence electrons. The predicted molar refractivity (Wildman–Crippen MR) is 107 cm³/mol. The summed E-state index contributed by atoms with van der Waals surface area (Å²) in [6.45, 7) is 1.23. The number of aromatic nitrogens is 2. The number of halogens is 1. The molecule has 1 amide bonds. The molecule has 0 radical (unpaired) electrons. The minimum Gasteiger partial charge on any atom is -0.493 e. The Morgan fingerprint density at radius 3 is 2.50 bits per heavy atom. The summed E-state index contributed by atoms with van der Waals surface area (Å²) in [6.07, 6.45) is 0. The maximum atomic E-state index is 13.2. The first kappa shape index (κ1) is 20.8. The third-order valence-electron chi connectivity index (χ3n) is 4.13. The number of hydrogen-bond donors (Lipinski definition) is 1. The number of nitrogens with zero attached hydrogens (tertiary/aromatic N) is 2. The molecular formula is C21H20FN3O5. The van der Waals surface area contributed by atoms with E-state index in [4.69, 9.17) is 14.2 Å². The molecule has 9 heteroatoms. The number of hydrogen-bond acceptors (Lipinski definition) is 6. The van der Waals surface area contributed by atoms with Gasteiger partial charge in [0.05, 0.1) is 25.6 Å². The summed E-state index contributed by atoms with van der Waals surface area (Å²) in [5.41, 5.74) is 1.35. The monoisotopic (exact) mass is 413 g/mol. The zero-order chi connectivity index (χ0) is 21.7. The first-order valence-electron chi connectivity index (χ1n) is 8.93. The van der Waals surface area contributed by atoms with Crippen LogP contribution in [-0.4, -0.2) is 42.5 Å². The van der Waals surface area contributed by atoms with Gasteiger partial charge in [0.2, 0.25) is 0 Å². The van der Waals surface area contributed by atoms with Gasteiger partial charge in [0.15, 0.2) is 18.1 Å².